The summed E-state index contributed by atoms with van der Waals surface area (Å²) in [6.07, 6.45) is 4.09. The lowest BCUT2D eigenvalue weighted by Gasteiger charge is -2.48. The Morgan fingerprint density at radius 1 is 1.06 bits per heavy atom. The summed E-state index contributed by atoms with van der Waals surface area (Å²) >= 11 is 0. The maximum atomic E-state index is 10.8. The number of fused-ring (bicyclic) bond motifs is 5. The van der Waals surface area contributed by atoms with Crippen LogP contribution in [0.15, 0.2) is 0 Å². The van der Waals surface area contributed by atoms with Crippen LogP contribution in [0.25, 0.3) is 0 Å². The smallest absolute Gasteiger partial charge is 0.0935 e. The van der Waals surface area contributed by atoms with Gasteiger partial charge in [-0.05, 0) is 41.4 Å². The summed E-state index contributed by atoms with van der Waals surface area (Å²) in [5.74, 6) is 0.121. The van der Waals surface area contributed by atoms with Crippen molar-refractivity contribution in [3.8, 4) is 0 Å². The van der Waals surface area contributed by atoms with E-state index < -0.39 is 11.7 Å². The second kappa shape index (κ2) is 3.31. The molecule has 3 saturated carbocycles. The predicted molar refractivity (Wildman–Crippen MR) is 68.9 cm³/mol. The molecule has 3 aliphatic carbocycles. The van der Waals surface area contributed by atoms with Gasteiger partial charge in [-0.3, -0.25) is 0 Å². The van der Waals surface area contributed by atoms with Crippen molar-refractivity contribution in [1.29, 1.82) is 0 Å². The highest BCUT2D eigenvalue weighted by Crippen LogP contribution is 2.77. The van der Waals surface area contributed by atoms with Gasteiger partial charge in [0.15, 0.2) is 0 Å². The Kier molecular flexibility index (Phi) is 2.37. The fraction of sp³-hybridized carbons (Fsp3) is 1.00. The van der Waals surface area contributed by atoms with Gasteiger partial charge in [0.25, 0.3) is 0 Å². The zero-order chi connectivity index (χ0) is 13.4. The van der Waals surface area contributed by atoms with Gasteiger partial charge < -0.3 is 15.3 Å². The molecule has 3 nitrogen and oxygen atoms in total. The lowest BCUT2D eigenvalue weighted by atomic mass is 9.58. The molecule has 0 aliphatic heterocycles. The molecule has 2 bridgehead atoms. The molecule has 0 spiro atoms. The Bertz CT molecular complexity index is 384. The van der Waals surface area contributed by atoms with Crippen molar-refractivity contribution >= 4 is 0 Å². The van der Waals surface area contributed by atoms with Crippen LogP contribution in [0.5, 0.6) is 0 Å². The SMILES string of the molecule is C[C@]12CCC[C@@]1(C)[C@@H]1C[C@@]2(C)[C@H](O)C[C@@]1(O)CO. The average Bonchev–Trinajstić information content (AvgIpc) is 2.69. The van der Waals surface area contributed by atoms with Crippen molar-refractivity contribution in [2.75, 3.05) is 6.61 Å². The quantitative estimate of drug-likeness (QED) is 0.667. The van der Waals surface area contributed by atoms with Gasteiger partial charge in [-0.2, -0.15) is 0 Å². The van der Waals surface area contributed by atoms with Crippen molar-refractivity contribution in [2.24, 2.45) is 22.2 Å². The lowest BCUT2D eigenvalue weighted by molar-refractivity contribution is -0.149. The average molecular weight is 254 g/mol. The minimum atomic E-state index is -1.09. The van der Waals surface area contributed by atoms with E-state index in [-0.39, 0.29) is 28.8 Å². The predicted octanol–water partition coefficient (Wildman–Crippen LogP) is 1.70. The largest absolute Gasteiger partial charge is 0.393 e. The fourth-order valence-electron chi connectivity index (χ4n) is 5.91. The van der Waals surface area contributed by atoms with Gasteiger partial charge in [-0.1, -0.05) is 27.2 Å². The Morgan fingerprint density at radius 2 is 1.72 bits per heavy atom. The minimum absolute atomic E-state index is 0.0523. The maximum absolute atomic E-state index is 10.8. The standard InChI is InChI=1S/C15H26O3/c1-12-5-4-6-14(12,3)13(2)7-10(12)15(18,9-16)8-11(13)17/h10-11,16-18H,4-9H2,1-3H3/t10-,11+,12-,13-,14-,15+/m0/s1. The van der Waals surface area contributed by atoms with Gasteiger partial charge in [0.05, 0.1) is 18.3 Å². The number of hydrogen-bond donors (Lipinski definition) is 3. The molecule has 0 unspecified atom stereocenters. The van der Waals surface area contributed by atoms with E-state index >= 15 is 0 Å². The zero-order valence-electron chi connectivity index (χ0n) is 11.7. The van der Waals surface area contributed by atoms with Crippen LogP contribution in [0.2, 0.25) is 0 Å². The summed E-state index contributed by atoms with van der Waals surface area (Å²) < 4.78 is 0. The fourth-order valence-corrected chi connectivity index (χ4v) is 5.91. The summed E-state index contributed by atoms with van der Waals surface area (Å²) in [4.78, 5) is 0. The third-order valence-corrected chi connectivity index (χ3v) is 7.50. The Balaban J connectivity index is 2.16. The molecule has 3 heteroatoms. The van der Waals surface area contributed by atoms with Crippen LogP contribution in [0.4, 0.5) is 0 Å². The third kappa shape index (κ3) is 1.09. The normalized spacial score (nSPS) is 63.0. The molecule has 0 radical (unpaired) electrons. The molecule has 0 heterocycles. The highest BCUT2D eigenvalue weighted by molar-refractivity contribution is 5.23. The molecule has 0 aromatic carbocycles. The highest BCUT2D eigenvalue weighted by atomic mass is 16.3. The van der Waals surface area contributed by atoms with E-state index in [2.05, 4.69) is 20.8 Å². The molecule has 6 atom stereocenters. The van der Waals surface area contributed by atoms with E-state index in [1.54, 1.807) is 0 Å². The van der Waals surface area contributed by atoms with Crippen molar-refractivity contribution in [3.05, 3.63) is 0 Å². The summed E-state index contributed by atoms with van der Waals surface area (Å²) in [7, 11) is 0. The van der Waals surface area contributed by atoms with Crippen LogP contribution in [-0.2, 0) is 0 Å². The van der Waals surface area contributed by atoms with Crippen LogP contribution in [0.3, 0.4) is 0 Å². The van der Waals surface area contributed by atoms with Crippen molar-refractivity contribution < 1.29 is 15.3 Å². The zero-order valence-corrected chi connectivity index (χ0v) is 11.7. The monoisotopic (exact) mass is 254 g/mol. The molecule has 0 saturated heterocycles. The molecule has 18 heavy (non-hydrogen) atoms. The Labute approximate surface area is 109 Å². The first-order valence-electron chi connectivity index (χ1n) is 7.25. The summed E-state index contributed by atoms with van der Waals surface area (Å²) in [5.41, 5.74) is -1.06. The summed E-state index contributed by atoms with van der Waals surface area (Å²) in [6, 6.07) is 0. The van der Waals surface area contributed by atoms with Crippen LogP contribution in [-0.4, -0.2) is 33.6 Å². The first-order valence-corrected chi connectivity index (χ1v) is 7.25. The number of rotatable bonds is 1. The topological polar surface area (TPSA) is 60.7 Å². The van der Waals surface area contributed by atoms with Crippen LogP contribution in [0, 0.1) is 22.2 Å². The van der Waals surface area contributed by atoms with Gasteiger partial charge in [0.2, 0.25) is 0 Å². The highest BCUT2D eigenvalue weighted by Gasteiger charge is 2.74. The number of hydrogen-bond acceptors (Lipinski definition) is 3. The van der Waals surface area contributed by atoms with Gasteiger partial charge in [0, 0.05) is 6.42 Å². The second-order valence-electron chi connectivity index (χ2n) is 7.76. The number of aliphatic hydroxyl groups excluding tert-OH is 2. The molecular formula is C15H26O3. The van der Waals surface area contributed by atoms with E-state index in [0.717, 1.165) is 19.3 Å². The third-order valence-electron chi connectivity index (χ3n) is 7.50. The molecule has 0 aromatic heterocycles. The molecule has 104 valence electrons. The first kappa shape index (κ1) is 12.9. The molecule has 3 fully saturated rings. The van der Waals surface area contributed by atoms with Gasteiger partial charge >= 0.3 is 0 Å². The van der Waals surface area contributed by atoms with Crippen LogP contribution >= 0.6 is 0 Å². The molecule has 3 aliphatic rings. The van der Waals surface area contributed by atoms with Crippen molar-refractivity contribution in [2.45, 2.75) is 64.6 Å². The Morgan fingerprint density at radius 3 is 2.33 bits per heavy atom. The molecule has 3 N–H and O–H groups in total. The lowest BCUT2D eigenvalue weighted by Crippen LogP contribution is -2.53. The van der Waals surface area contributed by atoms with E-state index in [1.165, 1.54) is 6.42 Å². The summed E-state index contributed by atoms with van der Waals surface area (Å²) in [6.45, 7) is 6.54. The first-order chi connectivity index (χ1) is 8.23. The summed E-state index contributed by atoms with van der Waals surface area (Å²) in [5, 5.41) is 31.0. The maximum Gasteiger partial charge on any atom is 0.0935 e. The minimum Gasteiger partial charge on any atom is -0.393 e. The van der Waals surface area contributed by atoms with Gasteiger partial charge in [-0.25, -0.2) is 0 Å². The van der Waals surface area contributed by atoms with E-state index in [1.807, 2.05) is 0 Å². The molecule has 0 amide bonds. The van der Waals surface area contributed by atoms with Gasteiger partial charge in [-0.15, -0.1) is 0 Å². The number of aliphatic hydroxyl groups is 3. The van der Waals surface area contributed by atoms with E-state index in [9.17, 15) is 15.3 Å². The molecule has 0 aromatic rings. The van der Waals surface area contributed by atoms with Gasteiger partial charge in [0.1, 0.15) is 0 Å². The van der Waals surface area contributed by atoms with Crippen LogP contribution in [0.1, 0.15) is 52.9 Å². The van der Waals surface area contributed by atoms with E-state index in [4.69, 9.17) is 0 Å². The Hall–Kier alpha value is -0.120. The van der Waals surface area contributed by atoms with E-state index in [0.29, 0.717) is 6.42 Å². The van der Waals surface area contributed by atoms with Crippen molar-refractivity contribution in [3.63, 3.8) is 0 Å². The van der Waals surface area contributed by atoms with Crippen molar-refractivity contribution in [1.82, 2.24) is 0 Å². The molecular weight excluding hydrogens is 228 g/mol. The second-order valence-corrected chi connectivity index (χ2v) is 7.76. The molecule has 3 rings (SSSR count). The van der Waals surface area contributed by atoms with Crippen LogP contribution < -0.4 is 0 Å².